The van der Waals surface area contributed by atoms with Gasteiger partial charge in [0.2, 0.25) is 0 Å². The van der Waals surface area contributed by atoms with Gasteiger partial charge in [-0.1, -0.05) is 53.9 Å². The lowest BCUT2D eigenvalue weighted by Gasteiger charge is -2.19. The summed E-state index contributed by atoms with van der Waals surface area (Å²) in [5, 5.41) is -0.915. The molecule has 2 rings (SSSR count). The van der Waals surface area contributed by atoms with Crippen LogP contribution >= 0.6 is 59.4 Å². The fraction of sp³-hybridized carbons (Fsp3) is 0.143. The predicted octanol–water partition coefficient (Wildman–Crippen LogP) is 7.32. The minimum absolute atomic E-state index is 0.0196. The van der Waals surface area contributed by atoms with Crippen molar-refractivity contribution in [2.24, 2.45) is 0 Å². The molecule has 112 valence electrons. The van der Waals surface area contributed by atoms with Crippen molar-refractivity contribution in [3.8, 4) is 0 Å². The van der Waals surface area contributed by atoms with Crippen LogP contribution in [0, 0.1) is 0 Å². The van der Waals surface area contributed by atoms with E-state index in [-0.39, 0.29) is 5.56 Å². The van der Waals surface area contributed by atoms with Crippen molar-refractivity contribution in [2.75, 3.05) is 0 Å². The zero-order valence-corrected chi connectivity index (χ0v) is 15.7. The summed E-state index contributed by atoms with van der Waals surface area (Å²) in [6.07, 6.45) is -4.47. The molecule has 0 N–H and O–H groups in total. The average molecular weight is 507 g/mol. The number of benzene rings is 2. The maximum atomic E-state index is 13.2. The van der Waals surface area contributed by atoms with Gasteiger partial charge in [-0.2, -0.15) is 13.2 Å². The van der Waals surface area contributed by atoms with E-state index in [9.17, 15) is 13.2 Å². The molecule has 0 aliphatic heterocycles. The summed E-state index contributed by atoms with van der Waals surface area (Å²) in [4.78, 5) is 0. The van der Waals surface area contributed by atoms with Crippen LogP contribution < -0.4 is 0 Å². The Morgan fingerprint density at radius 3 is 2.05 bits per heavy atom. The van der Waals surface area contributed by atoms with Gasteiger partial charge in [0.25, 0.3) is 0 Å². The van der Waals surface area contributed by atoms with Crippen LogP contribution in [0.3, 0.4) is 0 Å². The Bertz CT molecular complexity index is 671. The quantitative estimate of drug-likeness (QED) is 0.374. The van der Waals surface area contributed by atoms with E-state index in [4.69, 9.17) is 11.6 Å². The molecule has 0 aliphatic carbocycles. The fourth-order valence-corrected chi connectivity index (χ4v) is 3.59. The fourth-order valence-electron chi connectivity index (χ4n) is 1.87. The molecule has 1 atom stereocenters. The highest BCUT2D eigenvalue weighted by atomic mass is 79.9. The molecule has 0 radical (unpaired) electrons. The Kier molecular flexibility index (Phi) is 5.45. The highest BCUT2D eigenvalue weighted by molar-refractivity contribution is 9.11. The van der Waals surface area contributed by atoms with Gasteiger partial charge in [-0.05, 0) is 41.5 Å². The van der Waals surface area contributed by atoms with E-state index in [1.54, 1.807) is 24.3 Å². The molecule has 0 amide bonds. The van der Waals surface area contributed by atoms with Gasteiger partial charge >= 0.3 is 6.18 Å². The van der Waals surface area contributed by atoms with Gasteiger partial charge in [0, 0.05) is 13.4 Å². The molecule has 2 aromatic rings. The second-order valence-corrected chi connectivity index (χ2v) is 7.38. The Labute approximate surface area is 150 Å². The van der Waals surface area contributed by atoms with Crippen LogP contribution in [0.1, 0.15) is 22.1 Å². The molecule has 2 aromatic carbocycles. The topological polar surface area (TPSA) is 0 Å². The second kappa shape index (κ2) is 6.60. The number of hydrogen-bond donors (Lipinski definition) is 0. The van der Waals surface area contributed by atoms with Crippen LogP contribution in [-0.4, -0.2) is 0 Å². The third-order valence-electron chi connectivity index (χ3n) is 2.82. The summed E-state index contributed by atoms with van der Waals surface area (Å²) in [6, 6.07) is 9.19. The summed E-state index contributed by atoms with van der Waals surface area (Å²) in [7, 11) is 0. The summed E-state index contributed by atoms with van der Waals surface area (Å²) in [5.74, 6) is 0. The van der Waals surface area contributed by atoms with Crippen molar-refractivity contribution >= 4 is 59.4 Å². The van der Waals surface area contributed by atoms with E-state index in [1.165, 1.54) is 6.07 Å². The second-order valence-electron chi connectivity index (χ2n) is 4.26. The SMILES string of the molecule is FC(F)(F)c1cc(Br)ccc1C(Cl)c1cc(Br)ccc1Br. The molecule has 0 saturated carbocycles. The molecule has 0 saturated heterocycles. The summed E-state index contributed by atoms with van der Waals surface area (Å²) in [5.41, 5.74) is -0.159. The number of alkyl halides is 4. The lowest BCUT2D eigenvalue weighted by atomic mass is 9.99. The Hall–Kier alpha value is -0.0400. The molecule has 0 bridgehead atoms. The molecule has 7 heteroatoms. The van der Waals surface area contributed by atoms with E-state index in [1.807, 2.05) is 0 Å². The summed E-state index contributed by atoms with van der Waals surface area (Å²) >= 11 is 16.0. The molecule has 0 aromatic heterocycles. The molecule has 0 nitrogen and oxygen atoms in total. The van der Waals surface area contributed by atoms with Crippen molar-refractivity contribution in [3.63, 3.8) is 0 Å². The van der Waals surface area contributed by atoms with Gasteiger partial charge in [-0.15, -0.1) is 11.6 Å². The monoisotopic (exact) mass is 504 g/mol. The van der Waals surface area contributed by atoms with Crippen LogP contribution in [0.2, 0.25) is 0 Å². The first-order valence-electron chi connectivity index (χ1n) is 5.66. The standard InChI is InChI=1S/C14H7Br3ClF3/c15-7-2-4-12(17)10(5-7)13(18)9-3-1-8(16)6-11(9)14(19,20)21/h1-6,13H. The van der Waals surface area contributed by atoms with Crippen molar-refractivity contribution < 1.29 is 13.2 Å². The average Bonchev–Trinajstić information content (AvgIpc) is 2.40. The molecule has 1 unspecified atom stereocenters. The van der Waals surface area contributed by atoms with Gasteiger partial charge in [0.15, 0.2) is 0 Å². The largest absolute Gasteiger partial charge is 0.416 e. The normalized spacial score (nSPS) is 13.3. The van der Waals surface area contributed by atoms with Crippen LogP contribution in [-0.2, 0) is 6.18 Å². The van der Waals surface area contributed by atoms with Gasteiger partial charge in [-0.3, -0.25) is 0 Å². The summed E-state index contributed by atoms with van der Waals surface area (Å²) in [6.45, 7) is 0. The van der Waals surface area contributed by atoms with Crippen molar-refractivity contribution in [2.45, 2.75) is 11.6 Å². The predicted molar refractivity (Wildman–Crippen MR) is 88.7 cm³/mol. The molecule has 21 heavy (non-hydrogen) atoms. The van der Waals surface area contributed by atoms with Gasteiger partial charge < -0.3 is 0 Å². The Morgan fingerprint density at radius 2 is 1.43 bits per heavy atom. The van der Waals surface area contributed by atoms with E-state index in [0.717, 1.165) is 10.5 Å². The maximum absolute atomic E-state index is 13.2. The van der Waals surface area contributed by atoms with E-state index < -0.39 is 17.1 Å². The third kappa shape index (κ3) is 4.03. The van der Waals surface area contributed by atoms with E-state index >= 15 is 0 Å². The maximum Gasteiger partial charge on any atom is 0.416 e. The van der Waals surface area contributed by atoms with E-state index in [0.29, 0.717) is 14.5 Å². The van der Waals surface area contributed by atoms with Crippen LogP contribution in [0.5, 0.6) is 0 Å². The van der Waals surface area contributed by atoms with Gasteiger partial charge in [0.05, 0.1) is 10.9 Å². The summed E-state index contributed by atoms with van der Waals surface area (Å²) < 4.78 is 41.3. The smallest absolute Gasteiger partial charge is 0.166 e. The molecular formula is C14H7Br3ClF3. The molecular weight excluding hydrogens is 500 g/mol. The zero-order chi connectivity index (χ0) is 15.8. The first-order valence-corrected chi connectivity index (χ1v) is 8.47. The lowest BCUT2D eigenvalue weighted by molar-refractivity contribution is -0.138. The lowest BCUT2D eigenvalue weighted by Crippen LogP contribution is -2.11. The molecule has 0 fully saturated rings. The van der Waals surface area contributed by atoms with Crippen molar-refractivity contribution in [1.82, 2.24) is 0 Å². The highest BCUT2D eigenvalue weighted by Gasteiger charge is 2.35. The minimum Gasteiger partial charge on any atom is -0.166 e. The zero-order valence-electron chi connectivity index (χ0n) is 10.2. The molecule has 0 spiro atoms. The molecule has 0 heterocycles. The first kappa shape index (κ1) is 17.3. The van der Waals surface area contributed by atoms with Gasteiger partial charge in [0.1, 0.15) is 0 Å². The molecule has 0 aliphatic rings. The number of rotatable bonds is 2. The van der Waals surface area contributed by atoms with Crippen molar-refractivity contribution in [1.29, 1.82) is 0 Å². The number of hydrogen-bond acceptors (Lipinski definition) is 0. The highest BCUT2D eigenvalue weighted by Crippen LogP contribution is 2.42. The minimum atomic E-state index is -4.47. The van der Waals surface area contributed by atoms with Crippen LogP contribution in [0.25, 0.3) is 0 Å². The Balaban J connectivity index is 2.58. The number of halogens is 7. The van der Waals surface area contributed by atoms with E-state index in [2.05, 4.69) is 47.8 Å². The van der Waals surface area contributed by atoms with Crippen molar-refractivity contribution in [3.05, 3.63) is 66.5 Å². The van der Waals surface area contributed by atoms with Crippen LogP contribution in [0.15, 0.2) is 49.8 Å². The Morgan fingerprint density at radius 1 is 0.857 bits per heavy atom. The third-order valence-corrected chi connectivity index (χ3v) is 5.00. The van der Waals surface area contributed by atoms with Gasteiger partial charge in [-0.25, -0.2) is 0 Å². The first-order chi connectivity index (χ1) is 9.70. The van der Waals surface area contributed by atoms with Crippen LogP contribution in [0.4, 0.5) is 13.2 Å².